The van der Waals surface area contributed by atoms with Crippen molar-refractivity contribution in [3.8, 4) is 0 Å². The topological polar surface area (TPSA) is 157 Å². The van der Waals surface area contributed by atoms with Crippen molar-refractivity contribution in [2.24, 2.45) is 0 Å². The number of morpholine rings is 1. The molecule has 0 aliphatic carbocycles. The minimum atomic E-state index is -0.593. The van der Waals surface area contributed by atoms with E-state index in [1.807, 2.05) is 30.3 Å². The first kappa shape index (κ1) is 24.9. The Morgan fingerprint density at radius 2 is 1.73 bits per heavy atom. The first-order valence-corrected chi connectivity index (χ1v) is 7.92. The molecule has 3 heterocycles. The lowest BCUT2D eigenvalue weighted by Gasteiger charge is -2.38. The lowest BCUT2D eigenvalue weighted by Crippen LogP contribution is -2.48. The van der Waals surface area contributed by atoms with Crippen LogP contribution in [0.3, 0.4) is 0 Å². The zero-order chi connectivity index (χ0) is 15.3. The summed E-state index contributed by atoms with van der Waals surface area (Å²) in [7, 11) is 2.13. The second-order valence-electron chi connectivity index (χ2n) is 6.54. The quantitative estimate of drug-likeness (QED) is 0.472. The molecule has 0 radical (unpaired) electrons. The second kappa shape index (κ2) is 9.75. The van der Waals surface area contributed by atoms with Gasteiger partial charge in [0, 0.05) is 24.9 Å². The number of carbonyl (C=O) groups excluding carboxylic acids is 1. The number of fused-ring (bicyclic) bond motifs is 5. The molecule has 0 aromatic heterocycles. The van der Waals surface area contributed by atoms with Gasteiger partial charge in [0.15, 0.2) is 0 Å². The van der Waals surface area contributed by atoms with Crippen molar-refractivity contribution in [2.75, 3.05) is 13.7 Å². The van der Waals surface area contributed by atoms with Crippen molar-refractivity contribution in [2.45, 2.75) is 49.2 Å². The standard InChI is InChI=1S/C17H21NO4.BrH.3H2O/c1-18-13-7-11(8-14(18)16-15(13)22-16)21-17(20)12(9-19)10-5-3-2-4-6-10;;;;/h2-6,11-16,19H,7-9H2,1H3;1H;3*1H2/t11?,12-,13+,14?,15-,16?;;;;/m1..../s1. The lowest BCUT2D eigenvalue weighted by molar-refractivity contribution is -0.156. The third kappa shape index (κ3) is 4.25. The zero-order valence-corrected chi connectivity index (χ0v) is 16.2. The number of halogens is 1. The number of ether oxygens (including phenoxy) is 2. The van der Waals surface area contributed by atoms with E-state index in [0.29, 0.717) is 24.3 Å². The number of aliphatic hydroxyl groups excluding tert-OH is 1. The summed E-state index contributed by atoms with van der Waals surface area (Å²) in [5.41, 5.74) is 0.803. The van der Waals surface area contributed by atoms with Crippen LogP contribution in [0, 0.1) is 0 Å². The summed E-state index contributed by atoms with van der Waals surface area (Å²) in [6.45, 7) is -0.226. The fourth-order valence-electron chi connectivity index (χ4n) is 4.04. The Labute approximate surface area is 162 Å². The summed E-state index contributed by atoms with van der Waals surface area (Å²) >= 11 is 0. The van der Waals surface area contributed by atoms with E-state index in [1.54, 1.807) is 0 Å². The summed E-state index contributed by atoms with van der Waals surface area (Å²) in [4.78, 5) is 14.8. The van der Waals surface area contributed by atoms with Gasteiger partial charge in [-0.15, -0.1) is 17.0 Å². The van der Waals surface area contributed by atoms with Gasteiger partial charge in [0.25, 0.3) is 0 Å². The van der Waals surface area contributed by atoms with Gasteiger partial charge < -0.3 is 31.0 Å². The molecule has 8 nitrogen and oxygen atoms in total. The van der Waals surface area contributed by atoms with Gasteiger partial charge in [0.2, 0.25) is 0 Å². The van der Waals surface area contributed by atoms with Crippen molar-refractivity contribution in [3.05, 3.63) is 35.9 Å². The Morgan fingerprint density at radius 1 is 1.19 bits per heavy atom. The molecule has 9 heteroatoms. The number of rotatable bonds is 4. The molecule has 3 fully saturated rings. The molecule has 3 aliphatic rings. The highest BCUT2D eigenvalue weighted by molar-refractivity contribution is 8.93. The van der Waals surface area contributed by atoms with Gasteiger partial charge in [-0.3, -0.25) is 9.69 Å². The summed E-state index contributed by atoms with van der Waals surface area (Å²) in [6.07, 6.45) is 2.26. The fourth-order valence-corrected chi connectivity index (χ4v) is 4.04. The van der Waals surface area contributed by atoms with Crippen molar-refractivity contribution in [1.29, 1.82) is 0 Å². The van der Waals surface area contributed by atoms with Crippen molar-refractivity contribution >= 4 is 23.0 Å². The van der Waals surface area contributed by atoms with E-state index >= 15 is 0 Å². The van der Waals surface area contributed by atoms with Crippen molar-refractivity contribution in [3.63, 3.8) is 0 Å². The van der Waals surface area contributed by atoms with Crippen LogP contribution in [-0.2, 0) is 14.3 Å². The summed E-state index contributed by atoms with van der Waals surface area (Å²) in [5.74, 6) is -0.915. The maximum Gasteiger partial charge on any atom is 0.316 e. The molecule has 0 amide bonds. The van der Waals surface area contributed by atoms with Crippen LogP contribution in [0.1, 0.15) is 24.3 Å². The first-order valence-electron chi connectivity index (χ1n) is 7.92. The summed E-state index contributed by atoms with van der Waals surface area (Å²) < 4.78 is 11.4. The van der Waals surface area contributed by atoms with Crippen LogP contribution >= 0.6 is 17.0 Å². The molecule has 2 bridgehead atoms. The first-order chi connectivity index (χ1) is 10.7. The zero-order valence-electron chi connectivity index (χ0n) is 14.5. The lowest BCUT2D eigenvalue weighted by atomic mass is 9.97. The highest BCUT2D eigenvalue weighted by Gasteiger charge is 2.62. The largest absolute Gasteiger partial charge is 0.462 e. The van der Waals surface area contributed by atoms with E-state index < -0.39 is 5.92 Å². The summed E-state index contributed by atoms with van der Waals surface area (Å²) in [6, 6.07) is 10.1. The average Bonchev–Trinajstić information content (AvgIpc) is 3.27. The molecule has 3 saturated heterocycles. The molecular formula is C17H28BrNO7. The number of carbonyl (C=O) groups is 1. The van der Waals surface area contributed by atoms with Gasteiger partial charge in [-0.1, -0.05) is 30.3 Å². The maximum atomic E-state index is 12.4. The number of esters is 1. The Hall–Kier alpha value is -1.07. The molecule has 26 heavy (non-hydrogen) atoms. The Kier molecular flexibility index (Phi) is 9.35. The molecule has 7 N–H and O–H groups in total. The van der Waals surface area contributed by atoms with Gasteiger partial charge in [-0.2, -0.15) is 0 Å². The van der Waals surface area contributed by atoms with Gasteiger partial charge in [-0.25, -0.2) is 0 Å². The number of hydrogen-bond donors (Lipinski definition) is 1. The fraction of sp³-hybridized carbons (Fsp3) is 0.588. The SMILES string of the molecule is Br.CN1C2CC(OC(=O)[C@H](CO)c3ccccc3)C[C@H]1[C@H]1OC21.O.O.O. The van der Waals surface area contributed by atoms with Crippen LogP contribution in [0.2, 0.25) is 0 Å². The van der Waals surface area contributed by atoms with E-state index in [0.717, 1.165) is 18.4 Å². The van der Waals surface area contributed by atoms with Gasteiger partial charge in [0.1, 0.15) is 24.2 Å². The van der Waals surface area contributed by atoms with Crippen LogP contribution in [0.15, 0.2) is 30.3 Å². The minimum absolute atomic E-state index is 0. The average molecular weight is 438 g/mol. The van der Waals surface area contributed by atoms with Crippen LogP contribution < -0.4 is 0 Å². The smallest absolute Gasteiger partial charge is 0.316 e. The number of benzene rings is 1. The van der Waals surface area contributed by atoms with E-state index in [4.69, 9.17) is 9.47 Å². The van der Waals surface area contributed by atoms with E-state index in [2.05, 4.69) is 11.9 Å². The van der Waals surface area contributed by atoms with Gasteiger partial charge >= 0.3 is 5.97 Å². The Balaban J connectivity index is 0.00000156. The molecule has 3 unspecified atom stereocenters. The van der Waals surface area contributed by atoms with Crippen LogP contribution in [0.4, 0.5) is 0 Å². The molecular weight excluding hydrogens is 410 g/mol. The van der Waals surface area contributed by atoms with Crippen molar-refractivity contribution < 1.29 is 35.8 Å². The number of likely N-dealkylation sites (N-methyl/N-ethyl adjacent to an activating group) is 1. The van der Waals surface area contributed by atoms with Gasteiger partial charge in [0.05, 0.1) is 6.61 Å². The molecule has 4 rings (SSSR count). The highest BCUT2D eigenvalue weighted by atomic mass is 79.9. The van der Waals surface area contributed by atoms with E-state index in [9.17, 15) is 9.90 Å². The Bertz CT molecular complexity index is 557. The van der Waals surface area contributed by atoms with E-state index in [1.165, 1.54) is 0 Å². The molecule has 150 valence electrons. The highest BCUT2D eigenvalue weighted by Crippen LogP contribution is 2.48. The van der Waals surface area contributed by atoms with E-state index in [-0.39, 0.29) is 52.1 Å². The minimum Gasteiger partial charge on any atom is -0.462 e. The second-order valence-corrected chi connectivity index (χ2v) is 6.54. The molecule has 0 saturated carbocycles. The normalized spacial score (nSPS) is 31.7. The predicted octanol–water partition coefficient (Wildman–Crippen LogP) is -0.978. The van der Waals surface area contributed by atoms with Gasteiger partial charge in [-0.05, 0) is 12.6 Å². The molecule has 3 aliphatic heterocycles. The Morgan fingerprint density at radius 3 is 2.23 bits per heavy atom. The van der Waals surface area contributed by atoms with Crippen LogP contribution in [0.5, 0.6) is 0 Å². The number of piperidine rings is 1. The van der Waals surface area contributed by atoms with Crippen LogP contribution in [0.25, 0.3) is 0 Å². The third-order valence-electron chi connectivity index (χ3n) is 5.33. The molecule has 0 spiro atoms. The third-order valence-corrected chi connectivity index (χ3v) is 5.33. The number of hydrogen-bond acceptors (Lipinski definition) is 5. The van der Waals surface area contributed by atoms with Crippen LogP contribution in [-0.4, -0.2) is 76.5 Å². The molecule has 6 atom stereocenters. The van der Waals surface area contributed by atoms with Crippen molar-refractivity contribution in [1.82, 2.24) is 4.90 Å². The molecule has 1 aromatic carbocycles. The number of aliphatic hydroxyl groups is 1. The predicted molar refractivity (Wildman–Crippen MR) is 101 cm³/mol. The number of nitrogens with zero attached hydrogens (tertiary/aromatic N) is 1. The summed E-state index contributed by atoms with van der Waals surface area (Å²) in [5, 5.41) is 9.56. The molecule has 1 aromatic rings. The monoisotopic (exact) mass is 437 g/mol. The maximum absolute atomic E-state index is 12.4. The number of epoxide rings is 1.